The van der Waals surface area contributed by atoms with E-state index in [1.165, 1.54) is 6.08 Å². The van der Waals surface area contributed by atoms with E-state index >= 15 is 0 Å². The van der Waals surface area contributed by atoms with E-state index in [1.54, 1.807) is 0 Å². The first-order valence-corrected chi connectivity index (χ1v) is 5.22. The van der Waals surface area contributed by atoms with E-state index in [1.807, 2.05) is 24.3 Å². The molecule has 0 fully saturated rings. The summed E-state index contributed by atoms with van der Waals surface area (Å²) in [5.41, 5.74) is 1.75. The third-order valence-corrected chi connectivity index (χ3v) is 1.83. The van der Waals surface area contributed by atoms with Gasteiger partial charge in [-0.25, -0.2) is 0 Å². The number of carbonyl (C=O) groups is 1. The highest BCUT2D eigenvalue weighted by molar-refractivity contribution is 5.99. The molecule has 0 saturated heterocycles. The van der Waals surface area contributed by atoms with Crippen LogP contribution in [0.3, 0.4) is 0 Å². The molecule has 3 nitrogen and oxygen atoms in total. The number of hydrogen-bond acceptors (Lipinski definition) is 2. The van der Waals surface area contributed by atoms with E-state index in [0.29, 0.717) is 0 Å². The van der Waals surface area contributed by atoms with Crippen molar-refractivity contribution in [3.05, 3.63) is 36.9 Å². The van der Waals surface area contributed by atoms with Crippen molar-refractivity contribution in [2.45, 2.75) is 26.3 Å². The molecule has 1 aromatic rings. The fraction of sp³-hybridized carbons (Fsp3) is 0.308. The van der Waals surface area contributed by atoms with Gasteiger partial charge in [0.1, 0.15) is 0 Å². The van der Waals surface area contributed by atoms with Crippen molar-refractivity contribution in [3.63, 3.8) is 0 Å². The lowest BCUT2D eigenvalue weighted by molar-refractivity contribution is -0.111. The molecule has 1 amide bonds. The Bertz CT molecular complexity index is 391. The molecule has 0 aliphatic rings. The molecule has 0 aliphatic carbocycles. The van der Waals surface area contributed by atoms with Gasteiger partial charge in [0, 0.05) is 16.9 Å². The molecule has 1 rings (SSSR count). The number of amides is 1. The number of hydrogen-bond donors (Lipinski definition) is 2. The van der Waals surface area contributed by atoms with Crippen LogP contribution < -0.4 is 10.6 Å². The normalized spacial score (nSPS) is 10.7. The molecule has 0 heterocycles. The minimum absolute atomic E-state index is 0.00106. The summed E-state index contributed by atoms with van der Waals surface area (Å²) in [5, 5.41) is 6.06. The molecule has 0 aromatic heterocycles. The molecule has 3 heteroatoms. The highest BCUT2D eigenvalue weighted by Crippen LogP contribution is 2.18. The summed E-state index contributed by atoms with van der Waals surface area (Å²) >= 11 is 0. The fourth-order valence-electron chi connectivity index (χ4n) is 1.30. The zero-order chi connectivity index (χ0) is 12.2. The average Bonchev–Trinajstić information content (AvgIpc) is 2.15. The Morgan fingerprint density at radius 3 is 2.50 bits per heavy atom. The molecule has 0 aliphatic heterocycles. The molecule has 0 saturated carbocycles. The van der Waals surface area contributed by atoms with Crippen LogP contribution in [0.15, 0.2) is 36.9 Å². The van der Waals surface area contributed by atoms with Gasteiger partial charge in [-0.05, 0) is 45.0 Å². The lowest BCUT2D eigenvalue weighted by Crippen LogP contribution is -2.26. The zero-order valence-corrected chi connectivity index (χ0v) is 10.0. The predicted octanol–water partition coefficient (Wildman–Crippen LogP) is 3.02. The van der Waals surface area contributed by atoms with Gasteiger partial charge < -0.3 is 10.6 Å². The molecule has 1 aromatic carbocycles. The van der Waals surface area contributed by atoms with Gasteiger partial charge in [-0.15, -0.1) is 0 Å². The largest absolute Gasteiger partial charge is 0.380 e. The van der Waals surface area contributed by atoms with Gasteiger partial charge >= 0.3 is 0 Å². The van der Waals surface area contributed by atoms with Crippen molar-refractivity contribution in [2.75, 3.05) is 10.6 Å². The molecule has 0 bridgehead atoms. The van der Waals surface area contributed by atoms with Crippen LogP contribution in [0.4, 0.5) is 11.4 Å². The van der Waals surface area contributed by atoms with Crippen molar-refractivity contribution in [3.8, 4) is 0 Å². The van der Waals surface area contributed by atoms with Gasteiger partial charge in [0.2, 0.25) is 5.91 Å². The monoisotopic (exact) mass is 218 g/mol. The Morgan fingerprint density at radius 2 is 1.94 bits per heavy atom. The number of anilines is 2. The second-order valence-electron chi connectivity index (χ2n) is 4.65. The molecular formula is C13H18N2O. The predicted molar refractivity (Wildman–Crippen MR) is 68.6 cm³/mol. The molecule has 0 atom stereocenters. The van der Waals surface area contributed by atoms with Crippen molar-refractivity contribution >= 4 is 17.3 Å². The maximum atomic E-state index is 11.1. The quantitative estimate of drug-likeness (QED) is 0.766. The van der Waals surface area contributed by atoms with Gasteiger partial charge in [-0.2, -0.15) is 0 Å². The number of nitrogens with one attached hydrogen (secondary N) is 2. The molecule has 86 valence electrons. The van der Waals surface area contributed by atoms with E-state index in [-0.39, 0.29) is 11.4 Å². The van der Waals surface area contributed by atoms with Crippen molar-refractivity contribution in [1.82, 2.24) is 0 Å². The third kappa shape index (κ3) is 4.17. The third-order valence-electron chi connectivity index (χ3n) is 1.83. The van der Waals surface area contributed by atoms with Crippen LogP contribution in [0.5, 0.6) is 0 Å². The first-order valence-electron chi connectivity index (χ1n) is 5.22. The van der Waals surface area contributed by atoms with Gasteiger partial charge in [0.25, 0.3) is 0 Å². The number of benzene rings is 1. The molecular weight excluding hydrogens is 200 g/mol. The minimum Gasteiger partial charge on any atom is -0.380 e. The highest BCUT2D eigenvalue weighted by atomic mass is 16.1. The standard InChI is InChI=1S/C13H18N2O/c1-5-12(16)14-10-7-6-8-11(9-10)15-13(2,3)4/h5-9,15H,1H2,2-4H3,(H,14,16). The van der Waals surface area contributed by atoms with Crippen molar-refractivity contribution < 1.29 is 4.79 Å². The topological polar surface area (TPSA) is 41.1 Å². The second kappa shape index (κ2) is 4.84. The van der Waals surface area contributed by atoms with Crippen molar-refractivity contribution in [2.24, 2.45) is 0 Å². The summed E-state index contributed by atoms with van der Waals surface area (Å²) < 4.78 is 0. The number of carbonyl (C=O) groups excluding carboxylic acids is 1. The van der Waals surface area contributed by atoms with Crippen LogP contribution in [-0.2, 0) is 4.79 Å². The summed E-state index contributed by atoms with van der Waals surface area (Å²) in [7, 11) is 0. The van der Waals surface area contributed by atoms with Crippen LogP contribution in [0, 0.1) is 0 Å². The smallest absolute Gasteiger partial charge is 0.247 e. The van der Waals surface area contributed by atoms with Crippen LogP contribution in [0.1, 0.15) is 20.8 Å². The fourth-order valence-corrected chi connectivity index (χ4v) is 1.30. The van der Waals surface area contributed by atoms with E-state index in [4.69, 9.17) is 0 Å². The summed E-state index contributed by atoms with van der Waals surface area (Å²) in [6.07, 6.45) is 1.25. The summed E-state index contributed by atoms with van der Waals surface area (Å²) in [5.74, 6) is -0.201. The van der Waals surface area contributed by atoms with E-state index in [2.05, 4.69) is 38.0 Å². The van der Waals surface area contributed by atoms with E-state index < -0.39 is 0 Å². The lowest BCUT2D eigenvalue weighted by Gasteiger charge is -2.22. The second-order valence-corrected chi connectivity index (χ2v) is 4.65. The Labute approximate surface area is 96.6 Å². The summed E-state index contributed by atoms with van der Waals surface area (Å²) in [6.45, 7) is 9.67. The first-order chi connectivity index (χ1) is 7.40. The molecule has 16 heavy (non-hydrogen) atoms. The van der Waals surface area contributed by atoms with Gasteiger partial charge in [0.15, 0.2) is 0 Å². The van der Waals surface area contributed by atoms with Gasteiger partial charge in [0.05, 0.1) is 0 Å². The van der Waals surface area contributed by atoms with Crippen LogP contribution in [0.25, 0.3) is 0 Å². The first kappa shape index (κ1) is 12.3. The maximum absolute atomic E-state index is 11.1. The lowest BCUT2D eigenvalue weighted by atomic mass is 10.1. The molecule has 2 N–H and O–H groups in total. The van der Waals surface area contributed by atoms with Gasteiger partial charge in [-0.3, -0.25) is 4.79 Å². The summed E-state index contributed by atoms with van der Waals surface area (Å²) in [6, 6.07) is 7.60. The Balaban J connectivity index is 2.79. The zero-order valence-electron chi connectivity index (χ0n) is 10.0. The molecule has 0 radical (unpaired) electrons. The Kier molecular flexibility index (Phi) is 3.72. The number of rotatable bonds is 3. The van der Waals surface area contributed by atoms with Gasteiger partial charge in [-0.1, -0.05) is 12.6 Å². The van der Waals surface area contributed by atoms with Crippen molar-refractivity contribution in [1.29, 1.82) is 0 Å². The van der Waals surface area contributed by atoms with E-state index in [0.717, 1.165) is 11.4 Å². The van der Waals surface area contributed by atoms with E-state index in [9.17, 15) is 4.79 Å². The highest BCUT2D eigenvalue weighted by Gasteiger charge is 2.09. The Morgan fingerprint density at radius 1 is 1.31 bits per heavy atom. The average molecular weight is 218 g/mol. The van der Waals surface area contributed by atoms with Crippen LogP contribution >= 0.6 is 0 Å². The Hall–Kier alpha value is -1.77. The summed E-state index contributed by atoms with van der Waals surface area (Å²) in [4.78, 5) is 11.1. The molecule has 0 spiro atoms. The SMILES string of the molecule is C=CC(=O)Nc1cccc(NC(C)(C)C)c1. The maximum Gasteiger partial charge on any atom is 0.247 e. The van der Waals surface area contributed by atoms with Crippen LogP contribution in [0.2, 0.25) is 0 Å². The van der Waals surface area contributed by atoms with Crippen LogP contribution in [-0.4, -0.2) is 11.4 Å². The molecule has 0 unspecified atom stereocenters. The minimum atomic E-state index is -0.201.